The largest absolute Gasteiger partial charge is 0.228 e. The quantitative estimate of drug-likeness (QED) is 0.769. The number of aromatic nitrogens is 2. The van der Waals surface area contributed by atoms with Gasteiger partial charge in [-0.05, 0) is 25.4 Å². The fraction of sp³-hybridized carbons (Fsp3) is 0.667. The second-order valence-corrected chi connectivity index (χ2v) is 7.43. The van der Waals surface area contributed by atoms with Crippen LogP contribution in [-0.2, 0) is 14.6 Å². The predicted molar refractivity (Wildman–Crippen MR) is 60.5 cm³/mol. The van der Waals surface area contributed by atoms with Gasteiger partial charge < -0.3 is 0 Å². The summed E-state index contributed by atoms with van der Waals surface area (Å²) in [5, 5.41) is 0.541. The molecule has 13 heavy (non-hydrogen) atoms. The van der Waals surface area contributed by atoms with Crippen LogP contribution in [0.15, 0.2) is 0 Å². The van der Waals surface area contributed by atoms with E-state index in [1.165, 1.54) is 6.26 Å². The lowest BCUT2D eigenvalue weighted by molar-refractivity contribution is 0.560. The summed E-state index contributed by atoms with van der Waals surface area (Å²) in [6.07, 6.45) is 1.21. The van der Waals surface area contributed by atoms with Crippen LogP contribution in [-0.4, -0.2) is 24.0 Å². The average molecular weight is 332 g/mol. The highest BCUT2D eigenvalue weighted by atomic mass is 127. The highest BCUT2D eigenvalue weighted by Gasteiger charge is 2.35. The van der Waals surface area contributed by atoms with Crippen LogP contribution in [0.3, 0.4) is 0 Å². The van der Waals surface area contributed by atoms with Gasteiger partial charge in [0, 0.05) is 28.8 Å². The molecule has 0 N–H and O–H groups in total. The summed E-state index contributed by atoms with van der Waals surface area (Å²) in [4.78, 5) is 4.06. The van der Waals surface area contributed by atoms with Crippen LogP contribution in [0.2, 0.25) is 0 Å². The Hall–Kier alpha value is 0.240. The lowest BCUT2D eigenvalue weighted by Crippen LogP contribution is -2.27. The first-order valence-electron chi connectivity index (χ1n) is 3.44. The SMILES string of the molecule is CC(C)(c1nc(I)ns1)S(C)(=O)=O. The van der Waals surface area contributed by atoms with Crippen molar-refractivity contribution >= 4 is 44.0 Å². The van der Waals surface area contributed by atoms with E-state index in [-0.39, 0.29) is 0 Å². The number of halogens is 1. The highest BCUT2D eigenvalue weighted by Crippen LogP contribution is 2.30. The molecule has 7 heteroatoms. The molecule has 0 bridgehead atoms. The first kappa shape index (κ1) is 11.3. The van der Waals surface area contributed by atoms with Gasteiger partial charge in [-0.25, -0.2) is 13.4 Å². The molecule has 0 fully saturated rings. The summed E-state index contributed by atoms with van der Waals surface area (Å²) in [6, 6.07) is 0. The van der Waals surface area contributed by atoms with Crippen LogP contribution < -0.4 is 0 Å². The Bertz CT molecular complexity index is 410. The van der Waals surface area contributed by atoms with Crippen molar-refractivity contribution in [1.82, 2.24) is 9.36 Å². The number of hydrogen-bond acceptors (Lipinski definition) is 5. The monoisotopic (exact) mass is 332 g/mol. The maximum Gasteiger partial charge on any atom is 0.203 e. The topological polar surface area (TPSA) is 59.9 Å². The van der Waals surface area contributed by atoms with Gasteiger partial charge in [0.1, 0.15) is 9.75 Å². The predicted octanol–water partition coefficient (Wildman–Crippen LogP) is 1.42. The van der Waals surface area contributed by atoms with Crippen molar-refractivity contribution in [2.24, 2.45) is 0 Å². The standard InChI is InChI=1S/C6H9IN2O2S2/c1-6(2,13(3,10)11)4-8-5(7)9-12-4/h1-3H3. The smallest absolute Gasteiger partial charge is 0.203 e. The molecule has 1 aromatic rings. The third-order valence-corrected chi connectivity index (χ3v) is 5.87. The molecule has 0 saturated heterocycles. The zero-order chi connectivity index (χ0) is 10.3. The molecule has 0 aliphatic rings. The molecule has 0 amide bonds. The van der Waals surface area contributed by atoms with Gasteiger partial charge in [-0.2, -0.15) is 4.37 Å². The minimum Gasteiger partial charge on any atom is -0.228 e. The molecule has 0 saturated carbocycles. The Kier molecular flexibility index (Phi) is 2.98. The maximum atomic E-state index is 11.4. The Morgan fingerprint density at radius 3 is 2.31 bits per heavy atom. The molecule has 0 unspecified atom stereocenters. The van der Waals surface area contributed by atoms with Crippen molar-refractivity contribution in [2.45, 2.75) is 18.6 Å². The van der Waals surface area contributed by atoms with Crippen molar-refractivity contribution in [1.29, 1.82) is 0 Å². The van der Waals surface area contributed by atoms with Crippen molar-refractivity contribution in [2.75, 3.05) is 6.26 Å². The third-order valence-electron chi connectivity index (χ3n) is 1.84. The van der Waals surface area contributed by atoms with E-state index in [9.17, 15) is 8.42 Å². The van der Waals surface area contributed by atoms with Gasteiger partial charge in [-0.3, -0.25) is 0 Å². The summed E-state index contributed by atoms with van der Waals surface area (Å²) in [6.45, 7) is 3.28. The molecule has 0 spiro atoms. The zero-order valence-electron chi connectivity index (χ0n) is 7.41. The van der Waals surface area contributed by atoms with Crippen molar-refractivity contribution < 1.29 is 8.42 Å². The van der Waals surface area contributed by atoms with Crippen LogP contribution in [0, 0.1) is 3.83 Å². The molecule has 4 nitrogen and oxygen atoms in total. The van der Waals surface area contributed by atoms with E-state index in [2.05, 4.69) is 9.36 Å². The summed E-state index contributed by atoms with van der Waals surface area (Å²) in [5.41, 5.74) is 0. The van der Waals surface area contributed by atoms with E-state index in [0.717, 1.165) is 11.5 Å². The number of hydrogen-bond donors (Lipinski definition) is 0. The van der Waals surface area contributed by atoms with Crippen LogP contribution in [0.4, 0.5) is 0 Å². The Balaban J connectivity index is 3.23. The van der Waals surface area contributed by atoms with E-state index in [4.69, 9.17) is 0 Å². The van der Waals surface area contributed by atoms with Crippen molar-refractivity contribution in [3.05, 3.63) is 8.84 Å². The molecule has 0 radical (unpaired) electrons. The van der Waals surface area contributed by atoms with E-state index < -0.39 is 14.6 Å². The van der Waals surface area contributed by atoms with Crippen molar-refractivity contribution in [3.8, 4) is 0 Å². The average Bonchev–Trinajstić information content (AvgIpc) is 2.33. The molecular weight excluding hydrogens is 323 g/mol. The number of rotatable bonds is 2. The van der Waals surface area contributed by atoms with Gasteiger partial charge in [-0.1, -0.05) is 0 Å². The van der Waals surface area contributed by atoms with Gasteiger partial charge in [0.05, 0.1) is 0 Å². The minimum atomic E-state index is -3.14. The number of nitrogens with zero attached hydrogens (tertiary/aromatic N) is 2. The molecule has 0 aliphatic heterocycles. The Morgan fingerprint density at radius 2 is 2.00 bits per heavy atom. The fourth-order valence-corrected chi connectivity index (χ4v) is 2.79. The van der Waals surface area contributed by atoms with E-state index in [1.54, 1.807) is 13.8 Å². The molecule has 1 heterocycles. The Labute approximate surface area is 95.0 Å². The normalized spacial score (nSPS) is 13.2. The summed E-state index contributed by atoms with van der Waals surface area (Å²) < 4.78 is 26.4. The van der Waals surface area contributed by atoms with Gasteiger partial charge in [-0.15, -0.1) is 0 Å². The Morgan fingerprint density at radius 1 is 1.46 bits per heavy atom. The molecule has 0 aromatic carbocycles. The first-order chi connectivity index (χ1) is 5.75. The van der Waals surface area contributed by atoms with Gasteiger partial charge in [0.2, 0.25) is 3.83 Å². The lowest BCUT2D eigenvalue weighted by Gasteiger charge is -2.18. The third kappa shape index (κ3) is 2.18. The van der Waals surface area contributed by atoms with Crippen LogP contribution in [0.1, 0.15) is 18.9 Å². The molecule has 0 atom stereocenters. The van der Waals surface area contributed by atoms with Crippen LogP contribution in [0.25, 0.3) is 0 Å². The first-order valence-corrected chi connectivity index (χ1v) is 7.19. The molecule has 74 valence electrons. The second-order valence-electron chi connectivity index (χ2n) is 3.15. The van der Waals surface area contributed by atoms with E-state index in [0.29, 0.717) is 8.84 Å². The van der Waals surface area contributed by atoms with Crippen LogP contribution >= 0.6 is 34.1 Å². The summed E-state index contributed by atoms with van der Waals surface area (Å²) in [5.74, 6) is 0. The van der Waals surface area contributed by atoms with Gasteiger partial charge in [0.15, 0.2) is 9.84 Å². The molecule has 0 aliphatic carbocycles. The maximum absolute atomic E-state index is 11.4. The molecule has 1 aromatic heterocycles. The second kappa shape index (κ2) is 3.43. The number of sulfone groups is 1. The van der Waals surface area contributed by atoms with Crippen molar-refractivity contribution in [3.63, 3.8) is 0 Å². The summed E-state index contributed by atoms with van der Waals surface area (Å²) >= 11 is 3.10. The highest BCUT2D eigenvalue weighted by molar-refractivity contribution is 14.1. The van der Waals surface area contributed by atoms with Crippen LogP contribution in [0.5, 0.6) is 0 Å². The van der Waals surface area contributed by atoms with Gasteiger partial charge >= 0.3 is 0 Å². The summed E-state index contributed by atoms with van der Waals surface area (Å²) in [7, 11) is -3.14. The van der Waals surface area contributed by atoms with E-state index >= 15 is 0 Å². The zero-order valence-corrected chi connectivity index (χ0v) is 11.2. The lowest BCUT2D eigenvalue weighted by atomic mass is 10.2. The fourth-order valence-electron chi connectivity index (χ4n) is 0.609. The molecule has 1 rings (SSSR count). The van der Waals surface area contributed by atoms with E-state index in [1.807, 2.05) is 22.6 Å². The van der Waals surface area contributed by atoms with Gasteiger partial charge in [0.25, 0.3) is 0 Å². The molecular formula is C6H9IN2O2S2. The minimum absolute atomic E-state index is 0.541.